The number of benzene rings is 2. The van der Waals surface area contributed by atoms with Gasteiger partial charge in [0.15, 0.2) is 11.5 Å². The van der Waals surface area contributed by atoms with E-state index in [4.69, 9.17) is 28.2 Å². The molecule has 4 heterocycles. The van der Waals surface area contributed by atoms with E-state index in [0.717, 1.165) is 76.5 Å². The van der Waals surface area contributed by atoms with E-state index in [1.165, 1.54) is 0 Å². The smallest absolute Gasteiger partial charge is 0.213 e. The number of thiophene rings is 1. The van der Waals surface area contributed by atoms with Gasteiger partial charge in [0.2, 0.25) is 5.95 Å². The van der Waals surface area contributed by atoms with Gasteiger partial charge in [-0.05, 0) is 41.3 Å². The summed E-state index contributed by atoms with van der Waals surface area (Å²) in [6.07, 6.45) is 0. The molecule has 0 amide bonds. The molecule has 0 unspecified atom stereocenters. The van der Waals surface area contributed by atoms with Crippen LogP contribution in [-0.2, 0) is 6.54 Å². The highest BCUT2D eigenvalue weighted by molar-refractivity contribution is 7.13. The van der Waals surface area contributed by atoms with Crippen LogP contribution in [0.5, 0.6) is 0 Å². The van der Waals surface area contributed by atoms with E-state index in [2.05, 4.69) is 41.9 Å². The molecule has 3 aromatic heterocycles. The molecule has 0 N–H and O–H groups in total. The standard InChI is InChI=1S/C24H20Cl2N6S/c25-17-7-8-18-20(14-17)27-24(32-22(18)28-29-23(32)21-6-3-13-33-21)31-11-9-30(10-12-31)15-16-4-1-2-5-19(16)26/h1-8,13-14H,9-12,15H2. The van der Waals surface area contributed by atoms with E-state index in [9.17, 15) is 0 Å². The van der Waals surface area contributed by atoms with Crippen LogP contribution in [0.15, 0.2) is 60.0 Å². The minimum Gasteiger partial charge on any atom is -0.339 e. The second-order valence-corrected chi connectivity index (χ2v) is 9.88. The number of aromatic nitrogens is 4. The first-order valence-corrected chi connectivity index (χ1v) is 12.4. The molecule has 1 fully saturated rings. The third kappa shape index (κ3) is 3.85. The van der Waals surface area contributed by atoms with E-state index in [1.54, 1.807) is 11.3 Å². The largest absolute Gasteiger partial charge is 0.339 e. The average Bonchev–Trinajstić information content (AvgIpc) is 3.50. The van der Waals surface area contributed by atoms with Crippen LogP contribution in [0.2, 0.25) is 10.0 Å². The third-order valence-corrected chi connectivity index (χ3v) is 7.50. The Morgan fingerprint density at radius 2 is 1.76 bits per heavy atom. The van der Waals surface area contributed by atoms with Crippen molar-refractivity contribution in [1.29, 1.82) is 0 Å². The summed E-state index contributed by atoms with van der Waals surface area (Å²) in [4.78, 5) is 10.9. The summed E-state index contributed by atoms with van der Waals surface area (Å²) in [6.45, 7) is 4.37. The molecule has 5 aromatic rings. The summed E-state index contributed by atoms with van der Waals surface area (Å²) < 4.78 is 2.09. The van der Waals surface area contributed by atoms with Gasteiger partial charge in [-0.25, -0.2) is 9.38 Å². The minimum absolute atomic E-state index is 0.660. The topological polar surface area (TPSA) is 49.6 Å². The van der Waals surface area contributed by atoms with Crippen molar-refractivity contribution in [2.75, 3.05) is 31.1 Å². The maximum Gasteiger partial charge on any atom is 0.213 e. The predicted molar refractivity (Wildman–Crippen MR) is 136 cm³/mol. The van der Waals surface area contributed by atoms with Crippen LogP contribution in [0.25, 0.3) is 27.3 Å². The van der Waals surface area contributed by atoms with Gasteiger partial charge in [0, 0.05) is 48.2 Å². The van der Waals surface area contributed by atoms with Gasteiger partial charge in [0.05, 0.1) is 10.4 Å². The molecule has 0 spiro atoms. The molecule has 1 aliphatic rings. The van der Waals surface area contributed by atoms with E-state index in [-0.39, 0.29) is 0 Å². The highest BCUT2D eigenvalue weighted by Crippen LogP contribution is 2.32. The first-order chi connectivity index (χ1) is 16.2. The molecule has 6 nitrogen and oxygen atoms in total. The zero-order chi connectivity index (χ0) is 22.4. The maximum atomic E-state index is 6.38. The first-order valence-electron chi connectivity index (χ1n) is 10.8. The Balaban J connectivity index is 1.37. The van der Waals surface area contributed by atoms with Gasteiger partial charge >= 0.3 is 0 Å². The van der Waals surface area contributed by atoms with Gasteiger partial charge in [-0.15, -0.1) is 21.5 Å². The fraction of sp³-hybridized carbons (Fsp3) is 0.208. The summed E-state index contributed by atoms with van der Waals surface area (Å²) in [5.41, 5.74) is 2.79. The Bertz CT molecular complexity index is 1440. The SMILES string of the molecule is Clc1ccc2c(c1)nc(N1CCN(Cc3ccccc3Cl)CC1)n1c(-c3cccs3)nnc21. The summed E-state index contributed by atoms with van der Waals surface area (Å²) >= 11 is 14.3. The quantitative estimate of drug-likeness (QED) is 0.323. The van der Waals surface area contributed by atoms with Crippen molar-refractivity contribution in [2.24, 2.45) is 0 Å². The zero-order valence-corrected chi connectivity index (χ0v) is 20.0. The Morgan fingerprint density at radius 1 is 0.909 bits per heavy atom. The van der Waals surface area contributed by atoms with Crippen LogP contribution >= 0.6 is 34.5 Å². The zero-order valence-electron chi connectivity index (χ0n) is 17.7. The number of hydrogen-bond acceptors (Lipinski definition) is 6. The molecule has 6 rings (SSSR count). The summed E-state index contributed by atoms with van der Waals surface area (Å²) in [5, 5.41) is 13.6. The lowest BCUT2D eigenvalue weighted by Gasteiger charge is -2.35. The van der Waals surface area contributed by atoms with Crippen molar-refractivity contribution in [1.82, 2.24) is 24.5 Å². The van der Waals surface area contributed by atoms with E-state index >= 15 is 0 Å². The third-order valence-electron chi connectivity index (χ3n) is 6.03. The van der Waals surface area contributed by atoms with Gasteiger partial charge in [-0.2, -0.15) is 0 Å². The van der Waals surface area contributed by atoms with Gasteiger partial charge in [0.25, 0.3) is 0 Å². The molecule has 0 saturated carbocycles. The van der Waals surface area contributed by atoms with Crippen molar-refractivity contribution in [2.45, 2.75) is 6.54 Å². The number of piperazine rings is 1. The molecule has 0 radical (unpaired) electrons. The molecule has 0 atom stereocenters. The summed E-state index contributed by atoms with van der Waals surface area (Å²) in [6, 6.07) is 17.9. The molecule has 0 bridgehead atoms. The van der Waals surface area contributed by atoms with Gasteiger partial charge in [-0.1, -0.05) is 47.5 Å². The van der Waals surface area contributed by atoms with Crippen LogP contribution in [0, 0.1) is 0 Å². The molecule has 1 saturated heterocycles. The Morgan fingerprint density at radius 3 is 2.55 bits per heavy atom. The number of hydrogen-bond donors (Lipinski definition) is 0. The van der Waals surface area contributed by atoms with Crippen molar-refractivity contribution < 1.29 is 0 Å². The monoisotopic (exact) mass is 494 g/mol. The lowest BCUT2D eigenvalue weighted by atomic mass is 10.2. The van der Waals surface area contributed by atoms with Gasteiger partial charge in [0.1, 0.15) is 0 Å². The second kappa shape index (κ2) is 8.57. The van der Waals surface area contributed by atoms with Crippen LogP contribution in [0.1, 0.15) is 5.56 Å². The minimum atomic E-state index is 0.660. The Labute approximate surface area is 205 Å². The molecule has 33 heavy (non-hydrogen) atoms. The predicted octanol–water partition coefficient (Wildman–Crippen LogP) is 5.64. The van der Waals surface area contributed by atoms with E-state index < -0.39 is 0 Å². The first kappa shape index (κ1) is 20.9. The van der Waals surface area contributed by atoms with Crippen LogP contribution < -0.4 is 4.90 Å². The van der Waals surface area contributed by atoms with Crippen molar-refractivity contribution in [3.8, 4) is 10.7 Å². The lowest BCUT2D eigenvalue weighted by Crippen LogP contribution is -2.46. The average molecular weight is 495 g/mol. The van der Waals surface area contributed by atoms with Crippen molar-refractivity contribution in [3.05, 3.63) is 75.6 Å². The number of anilines is 1. The van der Waals surface area contributed by atoms with Crippen LogP contribution in [-0.4, -0.2) is 50.7 Å². The fourth-order valence-corrected chi connectivity index (χ4v) is 5.40. The van der Waals surface area contributed by atoms with Crippen molar-refractivity contribution >= 4 is 57.0 Å². The number of halogens is 2. The molecule has 0 aliphatic carbocycles. The second-order valence-electron chi connectivity index (χ2n) is 8.09. The summed E-state index contributed by atoms with van der Waals surface area (Å²) in [5.74, 6) is 1.67. The molecular weight excluding hydrogens is 475 g/mol. The van der Waals surface area contributed by atoms with Gasteiger partial charge in [-0.3, -0.25) is 4.90 Å². The van der Waals surface area contributed by atoms with Crippen LogP contribution in [0.4, 0.5) is 5.95 Å². The highest BCUT2D eigenvalue weighted by atomic mass is 35.5. The Kier molecular flexibility index (Phi) is 5.42. The molecule has 9 heteroatoms. The molecule has 166 valence electrons. The number of rotatable bonds is 4. The lowest BCUT2D eigenvalue weighted by molar-refractivity contribution is 0.248. The maximum absolute atomic E-state index is 6.38. The van der Waals surface area contributed by atoms with Crippen LogP contribution in [0.3, 0.4) is 0 Å². The number of nitrogens with zero attached hydrogens (tertiary/aromatic N) is 6. The van der Waals surface area contributed by atoms with Crippen molar-refractivity contribution in [3.63, 3.8) is 0 Å². The van der Waals surface area contributed by atoms with Gasteiger partial charge < -0.3 is 4.90 Å². The molecule has 1 aliphatic heterocycles. The highest BCUT2D eigenvalue weighted by Gasteiger charge is 2.24. The number of fused-ring (bicyclic) bond motifs is 3. The normalized spacial score (nSPS) is 15.0. The van der Waals surface area contributed by atoms with E-state index in [0.29, 0.717) is 5.02 Å². The Hall–Kier alpha value is -2.71. The fourth-order valence-electron chi connectivity index (χ4n) is 4.34. The molecular formula is C24H20Cl2N6S. The molecule has 2 aromatic carbocycles. The summed E-state index contributed by atoms with van der Waals surface area (Å²) in [7, 11) is 0. The van der Waals surface area contributed by atoms with E-state index in [1.807, 2.05) is 42.5 Å².